The van der Waals surface area contributed by atoms with E-state index in [0.717, 1.165) is 30.6 Å². The van der Waals surface area contributed by atoms with E-state index in [9.17, 15) is 4.79 Å². The third kappa shape index (κ3) is 8.73. The van der Waals surface area contributed by atoms with Crippen molar-refractivity contribution in [2.45, 2.75) is 96.4 Å². The maximum absolute atomic E-state index is 12.3. The maximum Gasteiger partial charge on any atom is 0.220 e. The molecule has 26 heavy (non-hydrogen) atoms. The summed E-state index contributed by atoms with van der Waals surface area (Å²) in [4.78, 5) is 12.3. The molecule has 1 aliphatic carbocycles. The molecule has 146 valence electrons. The Labute approximate surface area is 159 Å². The molecule has 0 radical (unpaired) electrons. The van der Waals surface area contributed by atoms with Gasteiger partial charge in [0.15, 0.2) is 0 Å². The monoisotopic (exact) mass is 359 g/mol. The topological polar surface area (TPSA) is 38.3 Å². The molecule has 3 nitrogen and oxygen atoms in total. The molecule has 0 heterocycles. The second-order valence-corrected chi connectivity index (χ2v) is 7.74. The molecule has 0 saturated heterocycles. The highest BCUT2D eigenvalue weighted by molar-refractivity contribution is 5.76. The first-order valence-electron chi connectivity index (χ1n) is 10.7. The van der Waals surface area contributed by atoms with E-state index in [4.69, 9.17) is 4.74 Å². The van der Waals surface area contributed by atoms with Crippen molar-refractivity contribution in [2.24, 2.45) is 0 Å². The third-order valence-electron chi connectivity index (χ3n) is 5.37. The smallest absolute Gasteiger partial charge is 0.220 e. The lowest BCUT2D eigenvalue weighted by Gasteiger charge is -2.19. The van der Waals surface area contributed by atoms with Crippen LogP contribution in [0.15, 0.2) is 24.3 Å². The minimum absolute atomic E-state index is 0.190. The molecule has 1 aliphatic rings. The Bertz CT molecular complexity index is 503. The molecule has 1 N–H and O–H groups in total. The molecule has 1 fully saturated rings. The Morgan fingerprint density at radius 2 is 1.54 bits per heavy atom. The number of benzene rings is 1. The molecule has 0 bridgehead atoms. The fourth-order valence-corrected chi connectivity index (χ4v) is 3.74. The van der Waals surface area contributed by atoms with Gasteiger partial charge in [0.25, 0.3) is 0 Å². The summed E-state index contributed by atoms with van der Waals surface area (Å²) in [6.07, 6.45) is 15.6. The molecule has 1 aromatic rings. The zero-order chi connectivity index (χ0) is 18.5. The summed E-state index contributed by atoms with van der Waals surface area (Å²) >= 11 is 0. The van der Waals surface area contributed by atoms with Crippen LogP contribution in [0.2, 0.25) is 0 Å². The van der Waals surface area contributed by atoms with Crippen molar-refractivity contribution < 1.29 is 9.53 Å². The van der Waals surface area contributed by atoms with Gasteiger partial charge in [0.2, 0.25) is 5.91 Å². The summed E-state index contributed by atoms with van der Waals surface area (Å²) in [6.45, 7) is 2.65. The summed E-state index contributed by atoms with van der Waals surface area (Å²) < 4.78 is 5.79. The van der Waals surface area contributed by atoms with Crippen LogP contribution in [-0.2, 0) is 4.79 Å². The van der Waals surface area contributed by atoms with Crippen LogP contribution in [0.3, 0.4) is 0 Å². The summed E-state index contributed by atoms with van der Waals surface area (Å²) in [5, 5.41) is 3.29. The van der Waals surface area contributed by atoms with Crippen molar-refractivity contribution in [1.82, 2.24) is 5.32 Å². The molecule has 0 spiro atoms. The average molecular weight is 360 g/mol. The molecule has 1 amide bonds. The summed E-state index contributed by atoms with van der Waals surface area (Å²) in [6, 6.07) is 8.41. The molecular formula is C23H37NO2. The zero-order valence-electron chi connectivity index (χ0n) is 16.6. The number of nitrogens with one attached hydrogen (secondary N) is 1. The summed E-state index contributed by atoms with van der Waals surface area (Å²) in [5.74, 6) is 1.11. The van der Waals surface area contributed by atoms with Gasteiger partial charge in [-0.25, -0.2) is 0 Å². The predicted octanol–water partition coefficient (Wildman–Crippen LogP) is 5.94. The zero-order valence-corrected chi connectivity index (χ0v) is 16.6. The predicted molar refractivity (Wildman–Crippen MR) is 109 cm³/mol. The standard InChI is InChI=1S/C23H37NO2/c1-20-14-11-12-17-22(20)26-19-13-18-23(25)24-21-15-9-7-5-3-2-4-6-8-10-16-21/h11-12,14,17,21H,2-10,13,15-16,18-19H2,1H3,(H,24,25). The highest BCUT2D eigenvalue weighted by Gasteiger charge is 2.12. The van der Waals surface area contributed by atoms with Gasteiger partial charge in [-0.05, 0) is 37.8 Å². The van der Waals surface area contributed by atoms with E-state index in [1.165, 1.54) is 57.8 Å². The highest BCUT2D eigenvalue weighted by Crippen LogP contribution is 2.18. The fourth-order valence-electron chi connectivity index (χ4n) is 3.74. The Balaban J connectivity index is 1.64. The minimum atomic E-state index is 0.190. The molecule has 0 unspecified atom stereocenters. The average Bonchev–Trinajstić information content (AvgIpc) is 2.62. The van der Waals surface area contributed by atoms with E-state index in [1.807, 2.05) is 31.2 Å². The normalized spacial score (nSPS) is 17.7. The molecule has 3 heteroatoms. The van der Waals surface area contributed by atoms with Gasteiger partial charge in [0.05, 0.1) is 6.61 Å². The number of ether oxygens (including phenoxy) is 1. The van der Waals surface area contributed by atoms with Crippen molar-refractivity contribution in [3.05, 3.63) is 29.8 Å². The first kappa shape index (κ1) is 20.8. The van der Waals surface area contributed by atoms with Crippen LogP contribution in [-0.4, -0.2) is 18.6 Å². The quantitative estimate of drug-likeness (QED) is 0.638. The lowest BCUT2D eigenvalue weighted by molar-refractivity contribution is -0.122. The van der Waals surface area contributed by atoms with Crippen molar-refractivity contribution in [2.75, 3.05) is 6.61 Å². The van der Waals surface area contributed by atoms with Crippen LogP contribution in [0, 0.1) is 6.92 Å². The van der Waals surface area contributed by atoms with E-state index >= 15 is 0 Å². The van der Waals surface area contributed by atoms with Crippen molar-refractivity contribution >= 4 is 5.91 Å². The number of aryl methyl sites for hydroxylation is 1. The lowest BCUT2D eigenvalue weighted by atomic mass is 9.98. The number of carbonyl (C=O) groups is 1. The highest BCUT2D eigenvalue weighted by atomic mass is 16.5. The van der Waals surface area contributed by atoms with Crippen LogP contribution in [0.25, 0.3) is 0 Å². The molecule has 0 aromatic heterocycles. The van der Waals surface area contributed by atoms with Gasteiger partial charge in [-0.3, -0.25) is 4.79 Å². The van der Waals surface area contributed by atoms with Gasteiger partial charge >= 0.3 is 0 Å². The lowest BCUT2D eigenvalue weighted by Crippen LogP contribution is -2.35. The van der Waals surface area contributed by atoms with Gasteiger partial charge in [-0.15, -0.1) is 0 Å². The first-order chi connectivity index (χ1) is 12.8. The summed E-state index contributed by atoms with van der Waals surface area (Å²) in [7, 11) is 0. The van der Waals surface area contributed by atoms with Gasteiger partial charge in [0.1, 0.15) is 5.75 Å². The fraction of sp³-hybridized carbons (Fsp3) is 0.696. The molecule has 2 rings (SSSR count). The number of hydrogen-bond acceptors (Lipinski definition) is 2. The maximum atomic E-state index is 12.3. The number of para-hydroxylation sites is 1. The molecule has 1 aromatic carbocycles. The number of rotatable bonds is 6. The summed E-state index contributed by atoms with van der Waals surface area (Å²) in [5.41, 5.74) is 1.14. The van der Waals surface area contributed by atoms with Crippen LogP contribution >= 0.6 is 0 Å². The Morgan fingerprint density at radius 3 is 2.15 bits per heavy atom. The van der Waals surface area contributed by atoms with Gasteiger partial charge in [-0.2, -0.15) is 0 Å². The van der Waals surface area contributed by atoms with Gasteiger partial charge in [0, 0.05) is 12.5 Å². The van der Waals surface area contributed by atoms with E-state index in [-0.39, 0.29) is 5.91 Å². The van der Waals surface area contributed by atoms with E-state index < -0.39 is 0 Å². The molecule has 1 saturated carbocycles. The van der Waals surface area contributed by atoms with E-state index in [1.54, 1.807) is 0 Å². The molecular weight excluding hydrogens is 322 g/mol. The van der Waals surface area contributed by atoms with Gasteiger partial charge in [-0.1, -0.05) is 76.0 Å². The first-order valence-corrected chi connectivity index (χ1v) is 10.7. The number of carbonyl (C=O) groups excluding carboxylic acids is 1. The van der Waals surface area contributed by atoms with Crippen molar-refractivity contribution in [1.29, 1.82) is 0 Å². The largest absolute Gasteiger partial charge is 0.493 e. The van der Waals surface area contributed by atoms with Gasteiger partial charge < -0.3 is 10.1 Å². The Hall–Kier alpha value is -1.51. The van der Waals surface area contributed by atoms with E-state index in [0.29, 0.717) is 19.1 Å². The minimum Gasteiger partial charge on any atom is -0.493 e. The van der Waals surface area contributed by atoms with Crippen LogP contribution in [0.5, 0.6) is 5.75 Å². The van der Waals surface area contributed by atoms with Crippen LogP contribution < -0.4 is 10.1 Å². The Kier molecular flexibility index (Phi) is 10.2. The molecule has 0 atom stereocenters. The van der Waals surface area contributed by atoms with E-state index in [2.05, 4.69) is 5.32 Å². The van der Waals surface area contributed by atoms with Crippen molar-refractivity contribution in [3.63, 3.8) is 0 Å². The number of amides is 1. The Morgan fingerprint density at radius 1 is 0.962 bits per heavy atom. The number of hydrogen-bond donors (Lipinski definition) is 1. The third-order valence-corrected chi connectivity index (χ3v) is 5.37. The SMILES string of the molecule is Cc1ccccc1OCCCC(=O)NC1CCCCCCCCCCC1. The second-order valence-electron chi connectivity index (χ2n) is 7.74. The van der Waals surface area contributed by atoms with Crippen LogP contribution in [0.1, 0.15) is 89.0 Å². The second kappa shape index (κ2) is 12.8. The molecule has 0 aliphatic heterocycles. The van der Waals surface area contributed by atoms with Crippen LogP contribution in [0.4, 0.5) is 0 Å². The van der Waals surface area contributed by atoms with Crippen molar-refractivity contribution in [3.8, 4) is 5.75 Å².